The Balaban J connectivity index is 2.06. The van der Waals surface area contributed by atoms with E-state index in [2.05, 4.69) is 15.6 Å². The first-order valence-electron chi connectivity index (χ1n) is 7.78. The van der Waals surface area contributed by atoms with E-state index in [0.29, 0.717) is 23.6 Å². The molecule has 128 valence electrons. The van der Waals surface area contributed by atoms with Crippen molar-refractivity contribution in [3.05, 3.63) is 47.8 Å². The molecule has 6 heteroatoms. The van der Waals surface area contributed by atoms with Crippen molar-refractivity contribution >= 4 is 17.3 Å². The van der Waals surface area contributed by atoms with Crippen LogP contribution in [0.5, 0.6) is 5.75 Å². The Hall–Kier alpha value is -2.60. The lowest BCUT2D eigenvalue weighted by molar-refractivity contribution is 0.102. The summed E-state index contributed by atoms with van der Waals surface area (Å²) in [5.74, 6) is 0.391. The van der Waals surface area contributed by atoms with Crippen molar-refractivity contribution in [2.75, 3.05) is 38.0 Å². The van der Waals surface area contributed by atoms with Gasteiger partial charge in [0.25, 0.3) is 5.91 Å². The van der Waals surface area contributed by atoms with Gasteiger partial charge >= 0.3 is 0 Å². The number of nitrogens with zero attached hydrogens (tertiary/aromatic N) is 1. The van der Waals surface area contributed by atoms with Crippen LogP contribution in [0.25, 0.3) is 0 Å². The van der Waals surface area contributed by atoms with E-state index in [-0.39, 0.29) is 5.91 Å². The third-order valence-corrected chi connectivity index (χ3v) is 3.46. The number of nitrogens with one attached hydrogen (secondary N) is 2. The van der Waals surface area contributed by atoms with E-state index in [1.165, 1.54) is 6.20 Å². The number of anilines is 2. The number of pyridine rings is 1. The summed E-state index contributed by atoms with van der Waals surface area (Å²) in [7, 11) is 3.25. The fourth-order valence-corrected chi connectivity index (χ4v) is 2.22. The topological polar surface area (TPSA) is 72.5 Å². The van der Waals surface area contributed by atoms with Gasteiger partial charge in [0.2, 0.25) is 0 Å². The van der Waals surface area contributed by atoms with Crippen molar-refractivity contribution < 1.29 is 14.3 Å². The first kappa shape index (κ1) is 17.7. The smallest absolute Gasteiger partial charge is 0.257 e. The lowest BCUT2D eigenvalue weighted by atomic mass is 10.2. The number of aryl methyl sites for hydroxylation is 1. The van der Waals surface area contributed by atoms with E-state index in [9.17, 15) is 4.79 Å². The van der Waals surface area contributed by atoms with Crippen molar-refractivity contribution in [1.29, 1.82) is 0 Å². The second-order valence-electron chi connectivity index (χ2n) is 5.39. The van der Waals surface area contributed by atoms with E-state index >= 15 is 0 Å². The van der Waals surface area contributed by atoms with Crippen LogP contribution in [0.4, 0.5) is 11.4 Å². The van der Waals surface area contributed by atoms with Crippen molar-refractivity contribution in [3.8, 4) is 5.75 Å². The molecular formula is C18H23N3O3. The average Bonchev–Trinajstić information content (AvgIpc) is 2.59. The molecule has 0 saturated carbocycles. The summed E-state index contributed by atoms with van der Waals surface area (Å²) in [4.78, 5) is 16.6. The molecule has 1 aromatic heterocycles. The number of ether oxygens (including phenoxy) is 2. The maximum absolute atomic E-state index is 12.5. The number of carbonyl (C=O) groups excluding carboxylic acids is 1. The summed E-state index contributed by atoms with van der Waals surface area (Å²) in [5.41, 5.74) is 2.96. The number of aromatic nitrogens is 1. The average molecular weight is 329 g/mol. The van der Waals surface area contributed by atoms with Crippen LogP contribution in [-0.4, -0.2) is 38.3 Å². The molecule has 0 bridgehead atoms. The van der Waals surface area contributed by atoms with Gasteiger partial charge in [-0.3, -0.25) is 9.78 Å². The van der Waals surface area contributed by atoms with E-state index in [1.54, 1.807) is 26.5 Å². The van der Waals surface area contributed by atoms with Gasteiger partial charge in [0.1, 0.15) is 5.75 Å². The summed E-state index contributed by atoms with van der Waals surface area (Å²) >= 11 is 0. The Morgan fingerprint density at radius 2 is 2.04 bits per heavy atom. The number of hydrogen-bond acceptors (Lipinski definition) is 5. The third kappa shape index (κ3) is 4.96. The molecular weight excluding hydrogens is 306 g/mol. The molecule has 0 radical (unpaired) electrons. The van der Waals surface area contributed by atoms with Crippen LogP contribution in [0, 0.1) is 6.92 Å². The minimum Gasteiger partial charge on any atom is -0.495 e. The summed E-state index contributed by atoms with van der Waals surface area (Å²) < 4.78 is 10.3. The van der Waals surface area contributed by atoms with Gasteiger partial charge in [-0.2, -0.15) is 0 Å². The highest BCUT2D eigenvalue weighted by Crippen LogP contribution is 2.25. The molecule has 0 aliphatic carbocycles. The van der Waals surface area contributed by atoms with Gasteiger partial charge in [-0.15, -0.1) is 0 Å². The summed E-state index contributed by atoms with van der Waals surface area (Å²) in [5, 5.41) is 6.09. The molecule has 2 rings (SSSR count). The van der Waals surface area contributed by atoms with Gasteiger partial charge in [-0.25, -0.2) is 0 Å². The standard InChI is InChI=1S/C18H23N3O3/c1-13-5-6-17(24-3)16(9-13)21-18(22)14-10-15(12-19-11-14)20-7-4-8-23-2/h5-6,9-12,20H,4,7-8H2,1-3H3,(H,21,22). The van der Waals surface area contributed by atoms with Gasteiger partial charge in [0, 0.05) is 32.7 Å². The lowest BCUT2D eigenvalue weighted by Crippen LogP contribution is -2.14. The Bertz CT molecular complexity index is 689. The fraction of sp³-hybridized carbons (Fsp3) is 0.333. The van der Waals surface area contributed by atoms with Crippen LogP contribution in [0.1, 0.15) is 22.3 Å². The summed E-state index contributed by atoms with van der Waals surface area (Å²) in [6.07, 6.45) is 4.11. The fourth-order valence-electron chi connectivity index (χ4n) is 2.22. The normalized spacial score (nSPS) is 10.3. The molecule has 0 aliphatic rings. The zero-order valence-electron chi connectivity index (χ0n) is 14.3. The number of methoxy groups -OCH3 is 2. The zero-order chi connectivity index (χ0) is 17.4. The minimum atomic E-state index is -0.230. The quantitative estimate of drug-likeness (QED) is 0.728. The largest absolute Gasteiger partial charge is 0.495 e. The van der Waals surface area contributed by atoms with Crippen LogP contribution in [0.15, 0.2) is 36.7 Å². The Labute approximate surface area is 142 Å². The molecule has 1 heterocycles. The van der Waals surface area contributed by atoms with E-state index in [1.807, 2.05) is 25.1 Å². The Kier molecular flexibility index (Phi) is 6.57. The number of carbonyl (C=O) groups is 1. The Morgan fingerprint density at radius 1 is 1.21 bits per heavy atom. The van der Waals surface area contributed by atoms with Gasteiger partial charge in [0.05, 0.1) is 24.0 Å². The number of amides is 1. The van der Waals surface area contributed by atoms with Gasteiger partial charge in [-0.05, 0) is 37.1 Å². The van der Waals surface area contributed by atoms with Gasteiger partial charge in [0.15, 0.2) is 0 Å². The van der Waals surface area contributed by atoms with Crippen molar-refractivity contribution in [1.82, 2.24) is 4.98 Å². The van der Waals surface area contributed by atoms with Crippen LogP contribution >= 0.6 is 0 Å². The molecule has 1 amide bonds. The minimum absolute atomic E-state index is 0.230. The maximum atomic E-state index is 12.5. The summed E-state index contributed by atoms with van der Waals surface area (Å²) in [6.45, 7) is 3.40. The monoisotopic (exact) mass is 329 g/mol. The van der Waals surface area contributed by atoms with Crippen molar-refractivity contribution in [2.45, 2.75) is 13.3 Å². The lowest BCUT2D eigenvalue weighted by Gasteiger charge is -2.12. The van der Waals surface area contributed by atoms with E-state index < -0.39 is 0 Å². The van der Waals surface area contributed by atoms with E-state index in [0.717, 1.165) is 24.2 Å². The summed E-state index contributed by atoms with van der Waals surface area (Å²) in [6, 6.07) is 7.41. The predicted molar refractivity (Wildman–Crippen MR) is 94.9 cm³/mol. The zero-order valence-corrected chi connectivity index (χ0v) is 14.3. The molecule has 2 aromatic rings. The highest BCUT2D eigenvalue weighted by atomic mass is 16.5. The SMILES string of the molecule is COCCCNc1cncc(C(=O)Nc2cc(C)ccc2OC)c1. The second kappa shape index (κ2) is 8.88. The molecule has 24 heavy (non-hydrogen) atoms. The molecule has 2 N–H and O–H groups in total. The van der Waals surface area contributed by atoms with Crippen LogP contribution < -0.4 is 15.4 Å². The molecule has 6 nitrogen and oxygen atoms in total. The molecule has 0 aliphatic heterocycles. The van der Waals surface area contributed by atoms with Crippen LogP contribution in [0.3, 0.4) is 0 Å². The molecule has 0 spiro atoms. The molecule has 0 fully saturated rings. The van der Waals surface area contributed by atoms with Gasteiger partial charge in [-0.1, -0.05) is 6.07 Å². The number of rotatable bonds is 8. The number of hydrogen-bond donors (Lipinski definition) is 2. The first-order valence-corrected chi connectivity index (χ1v) is 7.78. The number of benzene rings is 1. The highest BCUT2D eigenvalue weighted by molar-refractivity contribution is 6.05. The molecule has 0 unspecified atom stereocenters. The maximum Gasteiger partial charge on any atom is 0.257 e. The Morgan fingerprint density at radius 3 is 2.79 bits per heavy atom. The van der Waals surface area contributed by atoms with Crippen molar-refractivity contribution in [2.24, 2.45) is 0 Å². The first-order chi connectivity index (χ1) is 11.6. The highest BCUT2D eigenvalue weighted by Gasteiger charge is 2.11. The van der Waals surface area contributed by atoms with Gasteiger partial charge < -0.3 is 20.1 Å². The molecule has 0 atom stereocenters. The third-order valence-electron chi connectivity index (χ3n) is 3.46. The van der Waals surface area contributed by atoms with Crippen LogP contribution in [0.2, 0.25) is 0 Å². The van der Waals surface area contributed by atoms with E-state index in [4.69, 9.17) is 9.47 Å². The van der Waals surface area contributed by atoms with Crippen molar-refractivity contribution in [3.63, 3.8) is 0 Å². The second-order valence-corrected chi connectivity index (χ2v) is 5.39. The van der Waals surface area contributed by atoms with Crippen LogP contribution in [-0.2, 0) is 4.74 Å². The predicted octanol–water partition coefficient (Wildman–Crippen LogP) is 3.10. The molecule has 1 aromatic carbocycles. The molecule has 0 saturated heterocycles.